The van der Waals surface area contributed by atoms with Crippen molar-refractivity contribution in [2.45, 2.75) is 13.1 Å². The summed E-state index contributed by atoms with van der Waals surface area (Å²) in [5.41, 5.74) is 3.92. The number of rotatable bonds is 5. The molecule has 142 valence electrons. The summed E-state index contributed by atoms with van der Waals surface area (Å²) >= 11 is 3.69. The van der Waals surface area contributed by atoms with Crippen LogP contribution in [0.3, 0.4) is 0 Å². The number of halogens is 1. The Bertz CT molecular complexity index is 928. The van der Waals surface area contributed by atoms with Crippen LogP contribution in [0.25, 0.3) is 10.9 Å². The molecule has 0 atom stereocenters. The first-order valence-electron chi connectivity index (χ1n) is 9.44. The number of nitrogens with zero attached hydrogens (tertiary/aromatic N) is 3. The molecule has 0 spiro atoms. The van der Waals surface area contributed by atoms with E-state index in [1.165, 1.54) is 22.0 Å². The fraction of sp³-hybridized carbons (Fsp3) is 0.364. The second kappa shape index (κ2) is 8.05. The van der Waals surface area contributed by atoms with Gasteiger partial charge in [0.2, 0.25) is 0 Å². The number of likely N-dealkylation sites (N-methyl/N-ethyl adjacent to an activating group) is 1. The molecular weight excluding hydrogens is 402 g/mol. The van der Waals surface area contributed by atoms with E-state index < -0.39 is 0 Å². The average Bonchev–Trinajstić information content (AvgIpc) is 3.02. The third-order valence-electron chi connectivity index (χ3n) is 5.46. The molecule has 3 aromatic rings. The minimum absolute atomic E-state index is 0.854. The van der Waals surface area contributed by atoms with Gasteiger partial charge in [-0.2, -0.15) is 0 Å². The van der Waals surface area contributed by atoms with Crippen LogP contribution in [0.4, 0.5) is 0 Å². The van der Waals surface area contributed by atoms with E-state index in [-0.39, 0.29) is 0 Å². The van der Waals surface area contributed by atoms with Gasteiger partial charge < -0.3 is 14.2 Å². The van der Waals surface area contributed by atoms with Crippen molar-refractivity contribution < 1.29 is 4.74 Å². The molecule has 1 saturated heterocycles. The van der Waals surface area contributed by atoms with E-state index in [1.54, 1.807) is 7.11 Å². The molecule has 1 fully saturated rings. The molecule has 0 aliphatic carbocycles. The number of fused-ring (bicyclic) bond motifs is 1. The molecule has 0 bridgehead atoms. The molecule has 0 saturated carbocycles. The number of methoxy groups -OCH3 is 1. The first kappa shape index (κ1) is 18.5. The highest BCUT2D eigenvalue weighted by molar-refractivity contribution is 9.10. The average molecular weight is 428 g/mol. The van der Waals surface area contributed by atoms with Gasteiger partial charge in [-0.1, -0.05) is 34.1 Å². The van der Waals surface area contributed by atoms with Gasteiger partial charge in [0.1, 0.15) is 5.75 Å². The maximum Gasteiger partial charge on any atom is 0.119 e. The predicted molar refractivity (Wildman–Crippen MR) is 115 cm³/mol. The number of hydrogen-bond donors (Lipinski definition) is 0. The summed E-state index contributed by atoms with van der Waals surface area (Å²) in [4.78, 5) is 4.95. The molecule has 0 amide bonds. The van der Waals surface area contributed by atoms with Crippen molar-refractivity contribution in [2.75, 3.05) is 40.3 Å². The van der Waals surface area contributed by atoms with E-state index in [2.05, 4.69) is 86.0 Å². The van der Waals surface area contributed by atoms with Crippen LogP contribution in [0.15, 0.2) is 53.1 Å². The summed E-state index contributed by atoms with van der Waals surface area (Å²) < 4.78 is 9.01. The zero-order valence-corrected chi connectivity index (χ0v) is 17.6. The summed E-state index contributed by atoms with van der Waals surface area (Å²) in [6, 6.07) is 14.9. The topological polar surface area (TPSA) is 20.6 Å². The van der Waals surface area contributed by atoms with Crippen molar-refractivity contribution in [2.24, 2.45) is 0 Å². The molecule has 1 aliphatic heterocycles. The van der Waals surface area contributed by atoms with Crippen LogP contribution in [0, 0.1) is 0 Å². The van der Waals surface area contributed by atoms with Gasteiger partial charge >= 0.3 is 0 Å². The van der Waals surface area contributed by atoms with Crippen molar-refractivity contribution in [3.8, 4) is 5.75 Å². The molecule has 1 aliphatic rings. The van der Waals surface area contributed by atoms with Gasteiger partial charge in [-0.25, -0.2) is 0 Å². The van der Waals surface area contributed by atoms with E-state index in [0.717, 1.165) is 49.5 Å². The van der Waals surface area contributed by atoms with Crippen LogP contribution in [-0.2, 0) is 13.1 Å². The van der Waals surface area contributed by atoms with Crippen molar-refractivity contribution in [1.29, 1.82) is 0 Å². The highest BCUT2D eigenvalue weighted by atomic mass is 79.9. The number of piperazine rings is 1. The highest BCUT2D eigenvalue weighted by Crippen LogP contribution is 2.29. The standard InChI is InChI=1S/C22H26BrN3O/c1-24-9-11-25(12-10-24)14-18-16-26(15-17-5-3-4-6-21(17)23)22-8-7-19(27-2)13-20(18)22/h3-8,13,16H,9-12,14-15H2,1-2H3. The van der Waals surface area contributed by atoms with Crippen LogP contribution in [0.2, 0.25) is 0 Å². The summed E-state index contributed by atoms with van der Waals surface area (Å²) in [6.07, 6.45) is 2.32. The van der Waals surface area contributed by atoms with Gasteiger partial charge in [-0.15, -0.1) is 0 Å². The van der Waals surface area contributed by atoms with E-state index in [0.29, 0.717) is 0 Å². The smallest absolute Gasteiger partial charge is 0.119 e. The molecule has 27 heavy (non-hydrogen) atoms. The molecule has 0 N–H and O–H groups in total. The van der Waals surface area contributed by atoms with Gasteiger partial charge in [0.15, 0.2) is 0 Å². The molecule has 5 heteroatoms. The first-order chi connectivity index (χ1) is 13.1. The molecule has 1 aromatic heterocycles. The van der Waals surface area contributed by atoms with Gasteiger partial charge in [0, 0.05) is 60.8 Å². The predicted octanol–water partition coefficient (Wildman–Crippen LogP) is 4.21. The van der Waals surface area contributed by atoms with Crippen LogP contribution in [0.5, 0.6) is 5.75 Å². The molecule has 4 rings (SSSR count). The molecule has 0 radical (unpaired) electrons. The van der Waals surface area contributed by atoms with Crippen molar-refractivity contribution >= 4 is 26.8 Å². The Morgan fingerprint density at radius 1 is 0.963 bits per heavy atom. The summed E-state index contributed by atoms with van der Waals surface area (Å²) in [5.74, 6) is 0.917. The molecular formula is C22H26BrN3O. The van der Waals surface area contributed by atoms with Gasteiger partial charge in [-0.05, 0) is 42.4 Å². The fourth-order valence-corrected chi connectivity index (χ4v) is 4.20. The van der Waals surface area contributed by atoms with Gasteiger partial charge in [-0.3, -0.25) is 4.90 Å². The number of benzene rings is 2. The Morgan fingerprint density at radius 3 is 2.48 bits per heavy atom. The van der Waals surface area contributed by atoms with Crippen LogP contribution >= 0.6 is 15.9 Å². The van der Waals surface area contributed by atoms with Crippen LogP contribution < -0.4 is 4.74 Å². The van der Waals surface area contributed by atoms with Crippen LogP contribution in [-0.4, -0.2) is 54.7 Å². The lowest BCUT2D eigenvalue weighted by Gasteiger charge is -2.32. The summed E-state index contributed by atoms with van der Waals surface area (Å²) in [6.45, 7) is 6.36. The minimum atomic E-state index is 0.854. The Kier molecular flexibility index (Phi) is 5.53. The lowest BCUT2D eigenvalue weighted by molar-refractivity contribution is 0.148. The third-order valence-corrected chi connectivity index (χ3v) is 6.23. The van der Waals surface area contributed by atoms with Crippen molar-refractivity contribution in [3.63, 3.8) is 0 Å². The SMILES string of the molecule is COc1ccc2c(c1)c(CN1CCN(C)CC1)cn2Cc1ccccc1Br. The Morgan fingerprint density at radius 2 is 1.74 bits per heavy atom. The second-order valence-electron chi connectivity index (χ2n) is 7.34. The van der Waals surface area contributed by atoms with Crippen molar-refractivity contribution in [3.05, 3.63) is 64.3 Å². The first-order valence-corrected chi connectivity index (χ1v) is 10.2. The molecule has 4 nitrogen and oxygen atoms in total. The van der Waals surface area contributed by atoms with E-state index in [9.17, 15) is 0 Å². The normalized spacial score (nSPS) is 16.1. The Hall–Kier alpha value is -1.82. The molecule has 0 unspecified atom stereocenters. The minimum Gasteiger partial charge on any atom is -0.497 e. The third kappa shape index (κ3) is 4.05. The fourth-order valence-electron chi connectivity index (χ4n) is 3.79. The monoisotopic (exact) mass is 427 g/mol. The van der Waals surface area contributed by atoms with E-state index >= 15 is 0 Å². The van der Waals surface area contributed by atoms with Crippen molar-refractivity contribution in [1.82, 2.24) is 14.4 Å². The summed E-state index contributed by atoms with van der Waals surface area (Å²) in [5, 5.41) is 1.29. The van der Waals surface area contributed by atoms with Gasteiger partial charge in [0.05, 0.1) is 7.11 Å². The maximum atomic E-state index is 5.49. The Balaban J connectivity index is 1.68. The number of ether oxygens (including phenoxy) is 1. The van der Waals surface area contributed by atoms with E-state index in [1.807, 2.05) is 0 Å². The zero-order chi connectivity index (χ0) is 18.8. The van der Waals surface area contributed by atoms with Gasteiger partial charge in [0.25, 0.3) is 0 Å². The molecule has 2 aromatic carbocycles. The van der Waals surface area contributed by atoms with Crippen LogP contribution in [0.1, 0.15) is 11.1 Å². The molecule has 2 heterocycles. The second-order valence-corrected chi connectivity index (χ2v) is 8.19. The zero-order valence-electron chi connectivity index (χ0n) is 16.0. The lowest BCUT2D eigenvalue weighted by atomic mass is 10.1. The van der Waals surface area contributed by atoms with E-state index in [4.69, 9.17) is 4.74 Å². The number of aromatic nitrogens is 1. The largest absolute Gasteiger partial charge is 0.497 e. The summed E-state index contributed by atoms with van der Waals surface area (Å²) in [7, 11) is 3.94. The maximum absolute atomic E-state index is 5.49. The lowest BCUT2D eigenvalue weighted by Crippen LogP contribution is -2.43. The number of hydrogen-bond acceptors (Lipinski definition) is 3. The highest BCUT2D eigenvalue weighted by Gasteiger charge is 2.17. The Labute approximate surface area is 169 Å². The quantitative estimate of drug-likeness (QED) is 0.608.